The lowest BCUT2D eigenvalue weighted by Gasteiger charge is -2.15. The number of rotatable bonds is 6. The molecule has 0 radical (unpaired) electrons. The standard InChI is InChI=1S/C18H23N/c1-15-8-6-7-11-18(15)14-19-16(2)12-13-17-9-4-3-5-10-17/h3-11,16,19H,12-14H2,1-2H3/t16-/m0/s1. The van der Waals surface area contributed by atoms with E-state index >= 15 is 0 Å². The van der Waals surface area contributed by atoms with Gasteiger partial charge in [0.1, 0.15) is 0 Å². The van der Waals surface area contributed by atoms with Gasteiger partial charge in [-0.3, -0.25) is 0 Å². The summed E-state index contributed by atoms with van der Waals surface area (Å²) >= 11 is 0. The highest BCUT2D eigenvalue weighted by Gasteiger charge is 2.03. The van der Waals surface area contributed by atoms with Crippen molar-refractivity contribution in [2.24, 2.45) is 0 Å². The van der Waals surface area contributed by atoms with Crippen molar-refractivity contribution in [3.63, 3.8) is 0 Å². The lowest BCUT2D eigenvalue weighted by atomic mass is 10.1. The predicted octanol–water partition coefficient (Wildman–Crippen LogP) is 4.11. The fourth-order valence-corrected chi connectivity index (χ4v) is 2.22. The van der Waals surface area contributed by atoms with Crippen LogP contribution in [0.1, 0.15) is 30.0 Å². The highest BCUT2D eigenvalue weighted by molar-refractivity contribution is 5.25. The van der Waals surface area contributed by atoms with Crippen molar-refractivity contribution in [3.05, 3.63) is 71.3 Å². The lowest BCUT2D eigenvalue weighted by Crippen LogP contribution is -2.26. The van der Waals surface area contributed by atoms with Crippen LogP contribution in [0.25, 0.3) is 0 Å². The van der Waals surface area contributed by atoms with Crippen LogP contribution in [0.2, 0.25) is 0 Å². The Hall–Kier alpha value is -1.60. The van der Waals surface area contributed by atoms with Gasteiger partial charge >= 0.3 is 0 Å². The smallest absolute Gasteiger partial charge is 0.0210 e. The molecular weight excluding hydrogens is 230 g/mol. The Morgan fingerprint density at radius 3 is 2.37 bits per heavy atom. The molecule has 2 rings (SSSR count). The molecule has 1 heteroatoms. The molecular formula is C18H23N. The highest BCUT2D eigenvalue weighted by atomic mass is 14.9. The van der Waals surface area contributed by atoms with Crippen LogP contribution in [0.4, 0.5) is 0 Å². The zero-order valence-corrected chi connectivity index (χ0v) is 11.9. The topological polar surface area (TPSA) is 12.0 Å². The maximum absolute atomic E-state index is 3.61. The maximum atomic E-state index is 3.61. The minimum absolute atomic E-state index is 0.541. The summed E-state index contributed by atoms with van der Waals surface area (Å²) in [6.07, 6.45) is 2.32. The first kappa shape index (κ1) is 13.8. The molecule has 100 valence electrons. The third-order valence-corrected chi connectivity index (χ3v) is 3.61. The third-order valence-electron chi connectivity index (χ3n) is 3.61. The van der Waals surface area contributed by atoms with E-state index in [0.717, 1.165) is 13.0 Å². The average Bonchev–Trinajstić information content (AvgIpc) is 2.45. The van der Waals surface area contributed by atoms with E-state index in [1.165, 1.54) is 23.1 Å². The number of benzene rings is 2. The van der Waals surface area contributed by atoms with Crippen LogP contribution in [-0.2, 0) is 13.0 Å². The van der Waals surface area contributed by atoms with Crippen LogP contribution in [0.3, 0.4) is 0 Å². The molecule has 0 fully saturated rings. The van der Waals surface area contributed by atoms with Gasteiger partial charge in [-0.05, 0) is 43.4 Å². The summed E-state index contributed by atoms with van der Waals surface area (Å²) in [4.78, 5) is 0. The van der Waals surface area contributed by atoms with E-state index in [1.54, 1.807) is 0 Å². The van der Waals surface area contributed by atoms with Gasteiger partial charge in [-0.25, -0.2) is 0 Å². The molecule has 0 bridgehead atoms. The first-order valence-electron chi connectivity index (χ1n) is 7.07. The summed E-state index contributed by atoms with van der Waals surface area (Å²) in [7, 11) is 0. The molecule has 2 aromatic carbocycles. The van der Waals surface area contributed by atoms with Crippen molar-refractivity contribution < 1.29 is 0 Å². The second kappa shape index (κ2) is 7.10. The molecule has 0 aliphatic heterocycles. The minimum atomic E-state index is 0.541. The molecule has 1 nitrogen and oxygen atoms in total. The molecule has 1 N–H and O–H groups in total. The first-order chi connectivity index (χ1) is 9.25. The second-order valence-corrected chi connectivity index (χ2v) is 5.23. The van der Waals surface area contributed by atoms with Gasteiger partial charge in [-0.1, -0.05) is 54.6 Å². The average molecular weight is 253 g/mol. The summed E-state index contributed by atoms with van der Waals surface area (Å²) in [6, 6.07) is 19.8. The van der Waals surface area contributed by atoms with Crippen LogP contribution in [0.5, 0.6) is 0 Å². The fraction of sp³-hybridized carbons (Fsp3) is 0.333. The van der Waals surface area contributed by atoms with Crippen molar-refractivity contribution in [2.45, 2.75) is 39.3 Å². The van der Waals surface area contributed by atoms with E-state index in [4.69, 9.17) is 0 Å². The predicted molar refractivity (Wildman–Crippen MR) is 82.2 cm³/mol. The second-order valence-electron chi connectivity index (χ2n) is 5.23. The number of hydrogen-bond acceptors (Lipinski definition) is 1. The van der Waals surface area contributed by atoms with Crippen LogP contribution in [0, 0.1) is 6.92 Å². The van der Waals surface area contributed by atoms with E-state index in [-0.39, 0.29) is 0 Å². The van der Waals surface area contributed by atoms with E-state index in [0.29, 0.717) is 6.04 Å². The summed E-state index contributed by atoms with van der Waals surface area (Å²) in [6.45, 7) is 5.40. The van der Waals surface area contributed by atoms with Crippen molar-refractivity contribution in [2.75, 3.05) is 0 Å². The molecule has 0 aliphatic carbocycles. The van der Waals surface area contributed by atoms with Gasteiger partial charge in [0, 0.05) is 12.6 Å². The third kappa shape index (κ3) is 4.53. The highest BCUT2D eigenvalue weighted by Crippen LogP contribution is 2.08. The van der Waals surface area contributed by atoms with E-state index in [2.05, 4.69) is 73.8 Å². The number of nitrogens with one attached hydrogen (secondary N) is 1. The van der Waals surface area contributed by atoms with Crippen LogP contribution in [-0.4, -0.2) is 6.04 Å². The van der Waals surface area contributed by atoms with Gasteiger partial charge in [0.05, 0.1) is 0 Å². The number of hydrogen-bond donors (Lipinski definition) is 1. The molecule has 0 heterocycles. The maximum Gasteiger partial charge on any atom is 0.0210 e. The summed E-state index contributed by atoms with van der Waals surface area (Å²) in [5.74, 6) is 0. The zero-order valence-electron chi connectivity index (χ0n) is 11.9. The van der Waals surface area contributed by atoms with Crippen molar-refractivity contribution >= 4 is 0 Å². The SMILES string of the molecule is Cc1ccccc1CN[C@@H](C)CCc1ccccc1. The van der Waals surface area contributed by atoms with Gasteiger partial charge in [-0.2, -0.15) is 0 Å². The Kier molecular flexibility index (Phi) is 5.17. The largest absolute Gasteiger partial charge is 0.310 e. The molecule has 0 unspecified atom stereocenters. The van der Waals surface area contributed by atoms with Gasteiger partial charge in [-0.15, -0.1) is 0 Å². The van der Waals surface area contributed by atoms with Gasteiger partial charge in [0.25, 0.3) is 0 Å². The number of aryl methyl sites for hydroxylation is 2. The quantitative estimate of drug-likeness (QED) is 0.817. The zero-order chi connectivity index (χ0) is 13.5. The summed E-state index contributed by atoms with van der Waals surface area (Å²) < 4.78 is 0. The molecule has 1 atom stereocenters. The van der Waals surface area contributed by atoms with E-state index < -0.39 is 0 Å². The van der Waals surface area contributed by atoms with Crippen LogP contribution >= 0.6 is 0 Å². The van der Waals surface area contributed by atoms with Crippen molar-refractivity contribution in [1.82, 2.24) is 5.32 Å². The monoisotopic (exact) mass is 253 g/mol. The lowest BCUT2D eigenvalue weighted by molar-refractivity contribution is 0.513. The molecule has 0 amide bonds. The molecule has 0 aliphatic rings. The Morgan fingerprint density at radius 1 is 0.947 bits per heavy atom. The molecule has 0 spiro atoms. The van der Waals surface area contributed by atoms with Crippen molar-refractivity contribution in [3.8, 4) is 0 Å². The van der Waals surface area contributed by atoms with E-state index in [9.17, 15) is 0 Å². The van der Waals surface area contributed by atoms with Gasteiger partial charge in [0.2, 0.25) is 0 Å². The normalized spacial score (nSPS) is 12.3. The van der Waals surface area contributed by atoms with Crippen LogP contribution < -0.4 is 5.32 Å². The van der Waals surface area contributed by atoms with Gasteiger partial charge < -0.3 is 5.32 Å². The molecule has 0 saturated heterocycles. The molecule has 0 saturated carbocycles. The van der Waals surface area contributed by atoms with Crippen molar-refractivity contribution in [1.29, 1.82) is 0 Å². The van der Waals surface area contributed by atoms with Gasteiger partial charge in [0.15, 0.2) is 0 Å². The molecule has 2 aromatic rings. The van der Waals surface area contributed by atoms with E-state index in [1.807, 2.05) is 0 Å². The Bertz CT molecular complexity index is 490. The summed E-state index contributed by atoms with van der Waals surface area (Å²) in [5.41, 5.74) is 4.19. The Labute approximate surface area is 116 Å². The molecule has 19 heavy (non-hydrogen) atoms. The Balaban J connectivity index is 1.76. The first-order valence-corrected chi connectivity index (χ1v) is 7.07. The minimum Gasteiger partial charge on any atom is -0.310 e. The Morgan fingerprint density at radius 2 is 1.63 bits per heavy atom. The molecule has 0 aromatic heterocycles. The fourth-order valence-electron chi connectivity index (χ4n) is 2.22. The van der Waals surface area contributed by atoms with Crippen LogP contribution in [0.15, 0.2) is 54.6 Å². The summed E-state index contributed by atoms with van der Waals surface area (Å²) in [5, 5.41) is 3.61.